The molecule has 0 aliphatic rings. The molecule has 17 heavy (non-hydrogen) atoms. The standard InChI is InChI=1S/C10H9ClFN5/c11-8-15-9(13)17-10(16-8)14-5-6-2-1-3-7(12)4-6/h1-4H,5H2,(H3,13,14,15,16,17). The number of nitrogens with one attached hydrogen (secondary N) is 1. The summed E-state index contributed by atoms with van der Waals surface area (Å²) in [6.07, 6.45) is 0. The van der Waals surface area contributed by atoms with Gasteiger partial charge in [0.2, 0.25) is 17.2 Å². The van der Waals surface area contributed by atoms with Gasteiger partial charge in [-0.1, -0.05) is 12.1 Å². The first-order chi connectivity index (χ1) is 8.13. The fourth-order valence-corrected chi connectivity index (χ4v) is 1.44. The van der Waals surface area contributed by atoms with Crippen molar-refractivity contribution in [2.24, 2.45) is 0 Å². The van der Waals surface area contributed by atoms with Crippen LogP contribution in [0.2, 0.25) is 5.28 Å². The fourth-order valence-electron chi connectivity index (χ4n) is 1.27. The molecule has 0 saturated carbocycles. The second-order valence-electron chi connectivity index (χ2n) is 3.27. The molecule has 3 N–H and O–H groups in total. The minimum atomic E-state index is -0.294. The summed E-state index contributed by atoms with van der Waals surface area (Å²) in [7, 11) is 0. The summed E-state index contributed by atoms with van der Waals surface area (Å²) in [4.78, 5) is 11.3. The minimum absolute atomic E-state index is 0.0132. The Morgan fingerprint density at radius 1 is 1.29 bits per heavy atom. The largest absolute Gasteiger partial charge is 0.368 e. The Kier molecular flexibility index (Phi) is 3.34. The summed E-state index contributed by atoms with van der Waals surface area (Å²) in [5, 5.41) is 2.89. The molecule has 1 heterocycles. The Hall–Kier alpha value is -1.95. The molecule has 7 heteroatoms. The molecule has 0 unspecified atom stereocenters. The SMILES string of the molecule is Nc1nc(Cl)nc(NCc2cccc(F)c2)n1. The molecule has 5 nitrogen and oxygen atoms in total. The summed E-state index contributed by atoms with van der Waals surface area (Å²) in [5.74, 6) is -0.00371. The van der Waals surface area contributed by atoms with Gasteiger partial charge in [0.05, 0.1) is 0 Å². The van der Waals surface area contributed by atoms with Crippen LogP contribution in [0, 0.1) is 5.82 Å². The molecule has 1 aromatic carbocycles. The first-order valence-electron chi connectivity index (χ1n) is 4.79. The quantitative estimate of drug-likeness (QED) is 0.873. The molecule has 0 aliphatic carbocycles. The lowest BCUT2D eigenvalue weighted by atomic mass is 10.2. The van der Waals surface area contributed by atoms with Gasteiger partial charge in [0.1, 0.15) is 5.82 Å². The van der Waals surface area contributed by atoms with Crippen LogP contribution < -0.4 is 11.1 Å². The van der Waals surface area contributed by atoms with Gasteiger partial charge in [0.15, 0.2) is 0 Å². The van der Waals surface area contributed by atoms with Crippen molar-refractivity contribution in [1.29, 1.82) is 0 Å². The van der Waals surface area contributed by atoms with Gasteiger partial charge in [-0.3, -0.25) is 0 Å². The van der Waals surface area contributed by atoms with Gasteiger partial charge in [-0.25, -0.2) is 4.39 Å². The van der Waals surface area contributed by atoms with E-state index in [1.165, 1.54) is 12.1 Å². The molecule has 88 valence electrons. The molecule has 0 amide bonds. The molecule has 0 spiro atoms. The van der Waals surface area contributed by atoms with Gasteiger partial charge in [0.25, 0.3) is 0 Å². The van der Waals surface area contributed by atoms with E-state index in [0.717, 1.165) is 5.56 Å². The van der Waals surface area contributed by atoms with Crippen LogP contribution >= 0.6 is 11.6 Å². The van der Waals surface area contributed by atoms with Crippen molar-refractivity contribution in [3.63, 3.8) is 0 Å². The van der Waals surface area contributed by atoms with E-state index in [-0.39, 0.29) is 23.0 Å². The average molecular weight is 254 g/mol. The number of benzene rings is 1. The van der Waals surface area contributed by atoms with Gasteiger partial charge < -0.3 is 11.1 Å². The summed E-state index contributed by atoms with van der Waals surface area (Å²) in [6.45, 7) is 0.373. The molecular weight excluding hydrogens is 245 g/mol. The predicted octanol–water partition coefficient (Wildman–Crippen LogP) is 1.86. The van der Waals surface area contributed by atoms with E-state index >= 15 is 0 Å². The molecule has 2 rings (SSSR count). The third kappa shape index (κ3) is 3.25. The highest BCUT2D eigenvalue weighted by Gasteiger charge is 2.02. The molecule has 0 saturated heterocycles. The van der Waals surface area contributed by atoms with Crippen LogP contribution in [0.3, 0.4) is 0 Å². The zero-order valence-corrected chi connectivity index (χ0v) is 9.45. The van der Waals surface area contributed by atoms with Gasteiger partial charge in [-0.05, 0) is 29.3 Å². The Morgan fingerprint density at radius 3 is 2.82 bits per heavy atom. The highest BCUT2D eigenvalue weighted by atomic mass is 35.5. The van der Waals surface area contributed by atoms with Crippen LogP contribution in [-0.2, 0) is 6.54 Å². The highest BCUT2D eigenvalue weighted by Crippen LogP contribution is 2.09. The van der Waals surface area contributed by atoms with Crippen molar-refractivity contribution in [3.8, 4) is 0 Å². The van der Waals surface area contributed by atoms with Gasteiger partial charge in [-0.15, -0.1) is 0 Å². The Bertz CT molecular complexity index is 514. The Labute approximate surface area is 102 Å². The first kappa shape index (κ1) is 11.5. The molecule has 0 atom stereocenters. The first-order valence-corrected chi connectivity index (χ1v) is 5.16. The molecule has 0 fully saturated rings. The lowest BCUT2D eigenvalue weighted by molar-refractivity contribution is 0.626. The fraction of sp³-hybridized carbons (Fsp3) is 0.100. The Morgan fingerprint density at radius 2 is 2.12 bits per heavy atom. The van der Waals surface area contributed by atoms with Crippen molar-refractivity contribution in [2.75, 3.05) is 11.1 Å². The minimum Gasteiger partial charge on any atom is -0.368 e. The maximum atomic E-state index is 12.9. The highest BCUT2D eigenvalue weighted by molar-refractivity contribution is 6.28. The van der Waals surface area contributed by atoms with Gasteiger partial charge in [-0.2, -0.15) is 15.0 Å². The maximum Gasteiger partial charge on any atom is 0.229 e. The van der Waals surface area contributed by atoms with Crippen LogP contribution in [0.25, 0.3) is 0 Å². The number of nitrogen functional groups attached to an aromatic ring is 1. The normalized spacial score (nSPS) is 10.2. The number of nitrogens with zero attached hydrogens (tertiary/aromatic N) is 3. The number of hydrogen-bond acceptors (Lipinski definition) is 5. The van der Waals surface area contributed by atoms with E-state index in [0.29, 0.717) is 6.54 Å². The lowest BCUT2D eigenvalue weighted by Crippen LogP contribution is -2.07. The van der Waals surface area contributed by atoms with E-state index in [2.05, 4.69) is 20.3 Å². The third-order valence-electron chi connectivity index (χ3n) is 1.97. The summed E-state index contributed by atoms with van der Waals surface area (Å²) in [6, 6.07) is 6.20. The van der Waals surface area contributed by atoms with Gasteiger partial charge >= 0.3 is 0 Å². The summed E-state index contributed by atoms with van der Waals surface area (Å²) >= 11 is 5.61. The zero-order chi connectivity index (χ0) is 12.3. The average Bonchev–Trinajstić information content (AvgIpc) is 2.25. The van der Waals surface area contributed by atoms with Crippen molar-refractivity contribution < 1.29 is 4.39 Å². The summed E-state index contributed by atoms with van der Waals surface area (Å²) < 4.78 is 12.9. The molecule has 0 radical (unpaired) electrons. The van der Waals surface area contributed by atoms with Crippen molar-refractivity contribution in [2.45, 2.75) is 6.54 Å². The number of anilines is 2. The molecular formula is C10H9ClFN5. The number of hydrogen-bond donors (Lipinski definition) is 2. The monoisotopic (exact) mass is 253 g/mol. The molecule has 0 bridgehead atoms. The maximum absolute atomic E-state index is 12.9. The third-order valence-corrected chi connectivity index (χ3v) is 2.13. The van der Waals surface area contributed by atoms with E-state index in [9.17, 15) is 4.39 Å². The van der Waals surface area contributed by atoms with Crippen LogP contribution in [0.4, 0.5) is 16.3 Å². The molecule has 2 aromatic rings. The van der Waals surface area contributed by atoms with Crippen LogP contribution in [0.1, 0.15) is 5.56 Å². The predicted molar refractivity (Wildman–Crippen MR) is 63.0 cm³/mol. The summed E-state index contributed by atoms with van der Waals surface area (Å²) in [5.41, 5.74) is 6.17. The van der Waals surface area contributed by atoms with Crippen molar-refractivity contribution >= 4 is 23.5 Å². The molecule has 0 aliphatic heterocycles. The number of nitrogens with two attached hydrogens (primary N) is 1. The zero-order valence-electron chi connectivity index (χ0n) is 8.69. The van der Waals surface area contributed by atoms with Crippen LogP contribution in [0.5, 0.6) is 0 Å². The molecule has 1 aromatic heterocycles. The van der Waals surface area contributed by atoms with E-state index in [1.54, 1.807) is 12.1 Å². The van der Waals surface area contributed by atoms with Crippen molar-refractivity contribution in [1.82, 2.24) is 15.0 Å². The van der Waals surface area contributed by atoms with E-state index in [1.807, 2.05) is 0 Å². The number of aromatic nitrogens is 3. The van der Waals surface area contributed by atoms with Gasteiger partial charge in [0, 0.05) is 6.54 Å². The Balaban J connectivity index is 2.07. The van der Waals surface area contributed by atoms with E-state index < -0.39 is 0 Å². The smallest absolute Gasteiger partial charge is 0.229 e. The van der Waals surface area contributed by atoms with Crippen LogP contribution in [-0.4, -0.2) is 15.0 Å². The van der Waals surface area contributed by atoms with Crippen LogP contribution in [0.15, 0.2) is 24.3 Å². The lowest BCUT2D eigenvalue weighted by Gasteiger charge is -2.05. The second kappa shape index (κ2) is 4.92. The van der Waals surface area contributed by atoms with E-state index in [4.69, 9.17) is 17.3 Å². The number of halogens is 2. The van der Waals surface area contributed by atoms with Crippen molar-refractivity contribution in [3.05, 3.63) is 40.9 Å². The topological polar surface area (TPSA) is 76.7 Å². The number of rotatable bonds is 3. The second-order valence-corrected chi connectivity index (χ2v) is 3.61.